The number of aromatic nitrogens is 1. The van der Waals surface area contributed by atoms with Crippen molar-refractivity contribution in [3.05, 3.63) is 54.4 Å². The summed E-state index contributed by atoms with van der Waals surface area (Å²) in [5, 5.41) is 0. The number of benzene rings is 1. The van der Waals surface area contributed by atoms with E-state index in [2.05, 4.69) is 0 Å². The van der Waals surface area contributed by atoms with Crippen LogP contribution >= 0.6 is 0 Å². The fourth-order valence-electron chi connectivity index (χ4n) is 2.24. The normalized spacial score (nSPS) is 14.7. The minimum atomic E-state index is -0.251. The Balaban J connectivity index is 1.87. The monoisotopic (exact) mass is 270 g/mol. The van der Waals surface area contributed by atoms with Crippen LogP contribution in [0.25, 0.3) is 0 Å². The molecule has 1 aliphatic heterocycles. The van der Waals surface area contributed by atoms with Crippen molar-refractivity contribution in [3.8, 4) is 11.5 Å². The molecule has 0 N–H and O–H groups in total. The molecule has 0 saturated heterocycles. The van der Waals surface area contributed by atoms with E-state index in [4.69, 9.17) is 9.47 Å². The van der Waals surface area contributed by atoms with Crippen LogP contribution in [0.3, 0.4) is 0 Å². The van der Waals surface area contributed by atoms with Crippen LogP contribution in [-0.2, 0) is 0 Å². The van der Waals surface area contributed by atoms with Crippen LogP contribution < -0.4 is 14.0 Å². The minimum Gasteiger partial charge on any atom is -0.486 e. The number of pyridine rings is 1. The molecule has 4 heteroatoms. The molecular formula is C16H16NO3+. The van der Waals surface area contributed by atoms with Gasteiger partial charge in [-0.05, 0) is 18.2 Å². The van der Waals surface area contributed by atoms with Gasteiger partial charge in [0, 0.05) is 24.6 Å². The van der Waals surface area contributed by atoms with E-state index in [1.54, 1.807) is 18.2 Å². The lowest BCUT2D eigenvalue weighted by Gasteiger charge is -2.18. The number of ether oxygens (including phenoxy) is 2. The first-order chi connectivity index (χ1) is 9.75. The van der Waals surface area contributed by atoms with Gasteiger partial charge in [-0.25, -0.2) is 0 Å². The second-order valence-corrected chi connectivity index (χ2v) is 4.72. The summed E-state index contributed by atoms with van der Waals surface area (Å²) in [5.74, 6) is 1.40. The number of carbonyl (C=O) groups excluding carboxylic acids is 1. The van der Waals surface area contributed by atoms with E-state index < -0.39 is 0 Å². The standard InChI is InChI=1S/C16H16NO3/c1-12(17-7-3-2-4-8-17)16(18)13-5-6-14-15(11-13)20-10-9-19-14/h2-8,11-12H,9-10H2,1H3/q+1. The number of carbonyl (C=O) groups is 1. The molecule has 0 bridgehead atoms. The van der Waals surface area contributed by atoms with Gasteiger partial charge in [-0.3, -0.25) is 4.79 Å². The van der Waals surface area contributed by atoms with Gasteiger partial charge in [0.05, 0.1) is 0 Å². The van der Waals surface area contributed by atoms with Crippen molar-refractivity contribution in [3.63, 3.8) is 0 Å². The van der Waals surface area contributed by atoms with Crippen molar-refractivity contribution in [1.82, 2.24) is 0 Å². The molecule has 0 fully saturated rings. The lowest BCUT2D eigenvalue weighted by atomic mass is 10.0. The molecule has 1 aliphatic rings. The quantitative estimate of drug-likeness (QED) is 0.634. The van der Waals surface area contributed by atoms with Gasteiger partial charge in [-0.1, -0.05) is 6.07 Å². The topological polar surface area (TPSA) is 39.4 Å². The van der Waals surface area contributed by atoms with Crippen LogP contribution in [0.4, 0.5) is 0 Å². The highest BCUT2D eigenvalue weighted by atomic mass is 16.6. The number of hydrogen-bond donors (Lipinski definition) is 0. The third-order valence-electron chi connectivity index (χ3n) is 3.39. The summed E-state index contributed by atoms with van der Waals surface area (Å²) in [4.78, 5) is 12.5. The van der Waals surface area contributed by atoms with Gasteiger partial charge in [0.2, 0.25) is 11.8 Å². The Bertz CT molecular complexity index is 625. The zero-order valence-electron chi connectivity index (χ0n) is 11.3. The summed E-state index contributed by atoms with van der Waals surface area (Å²) in [5.41, 5.74) is 0.637. The number of rotatable bonds is 3. The van der Waals surface area contributed by atoms with Crippen molar-refractivity contribution in [2.75, 3.05) is 13.2 Å². The second-order valence-electron chi connectivity index (χ2n) is 4.72. The van der Waals surface area contributed by atoms with E-state index in [-0.39, 0.29) is 11.8 Å². The largest absolute Gasteiger partial charge is 0.486 e. The number of nitrogens with zero attached hydrogens (tertiary/aromatic N) is 1. The summed E-state index contributed by atoms with van der Waals surface area (Å²) >= 11 is 0. The summed E-state index contributed by atoms with van der Waals surface area (Å²) < 4.78 is 12.9. The van der Waals surface area contributed by atoms with Gasteiger partial charge in [-0.15, -0.1) is 0 Å². The van der Waals surface area contributed by atoms with Gasteiger partial charge < -0.3 is 9.47 Å². The summed E-state index contributed by atoms with van der Waals surface area (Å²) in [7, 11) is 0. The maximum Gasteiger partial charge on any atom is 0.230 e. The molecule has 2 heterocycles. The molecule has 20 heavy (non-hydrogen) atoms. The SMILES string of the molecule is CC(C(=O)c1ccc2c(c1)OCCO2)[n+]1ccccc1. The van der Waals surface area contributed by atoms with Crippen LogP contribution in [-0.4, -0.2) is 19.0 Å². The first-order valence-electron chi connectivity index (χ1n) is 6.65. The Kier molecular flexibility index (Phi) is 3.37. The Morgan fingerprint density at radius 3 is 2.55 bits per heavy atom. The first-order valence-corrected chi connectivity index (χ1v) is 6.65. The van der Waals surface area contributed by atoms with Crippen molar-refractivity contribution in [2.24, 2.45) is 0 Å². The van der Waals surface area contributed by atoms with Gasteiger partial charge in [-0.2, -0.15) is 4.57 Å². The van der Waals surface area contributed by atoms with Crippen molar-refractivity contribution in [2.45, 2.75) is 13.0 Å². The molecule has 4 nitrogen and oxygen atoms in total. The summed E-state index contributed by atoms with van der Waals surface area (Å²) in [6.45, 7) is 2.96. The summed E-state index contributed by atoms with van der Waals surface area (Å²) in [6.07, 6.45) is 3.78. The predicted molar refractivity (Wildman–Crippen MR) is 73.1 cm³/mol. The Morgan fingerprint density at radius 1 is 1.10 bits per heavy atom. The zero-order chi connectivity index (χ0) is 13.9. The Labute approximate surface area is 117 Å². The van der Waals surface area contributed by atoms with E-state index in [0.29, 0.717) is 30.3 Å². The van der Waals surface area contributed by atoms with E-state index in [1.165, 1.54) is 0 Å². The van der Waals surface area contributed by atoms with Crippen LogP contribution in [0.2, 0.25) is 0 Å². The molecule has 0 spiro atoms. The number of hydrogen-bond acceptors (Lipinski definition) is 3. The molecule has 1 atom stereocenters. The summed E-state index contributed by atoms with van der Waals surface area (Å²) in [6, 6.07) is 10.8. The molecule has 102 valence electrons. The van der Waals surface area contributed by atoms with Gasteiger partial charge in [0.25, 0.3) is 0 Å². The van der Waals surface area contributed by atoms with Gasteiger partial charge in [0.1, 0.15) is 13.2 Å². The lowest BCUT2D eigenvalue weighted by molar-refractivity contribution is -0.704. The highest BCUT2D eigenvalue weighted by Crippen LogP contribution is 2.31. The molecule has 1 aromatic heterocycles. The molecule has 0 saturated carbocycles. The maximum atomic E-state index is 12.5. The van der Waals surface area contributed by atoms with Crippen LogP contribution in [0, 0.1) is 0 Å². The van der Waals surface area contributed by atoms with E-state index >= 15 is 0 Å². The number of Topliss-reactive ketones (excluding diaryl/α,β-unsaturated/α-hetero) is 1. The van der Waals surface area contributed by atoms with Gasteiger partial charge >= 0.3 is 0 Å². The van der Waals surface area contributed by atoms with E-state index in [1.807, 2.05) is 42.1 Å². The fraction of sp³-hybridized carbons (Fsp3) is 0.250. The molecule has 0 amide bonds. The minimum absolute atomic E-state index is 0.0539. The predicted octanol–water partition coefficient (Wildman–Crippen LogP) is 2.19. The molecule has 1 unspecified atom stereocenters. The first kappa shape index (κ1) is 12.7. The molecule has 0 radical (unpaired) electrons. The molecule has 3 rings (SSSR count). The van der Waals surface area contributed by atoms with Crippen LogP contribution in [0.5, 0.6) is 11.5 Å². The van der Waals surface area contributed by atoms with Gasteiger partial charge in [0.15, 0.2) is 23.9 Å². The Morgan fingerprint density at radius 2 is 1.80 bits per heavy atom. The number of ketones is 1. The molecule has 0 aliphatic carbocycles. The number of fused-ring (bicyclic) bond motifs is 1. The van der Waals surface area contributed by atoms with Crippen LogP contribution in [0.1, 0.15) is 23.3 Å². The average molecular weight is 270 g/mol. The van der Waals surface area contributed by atoms with E-state index in [0.717, 1.165) is 0 Å². The van der Waals surface area contributed by atoms with Crippen LogP contribution in [0.15, 0.2) is 48.8 Å². The van der Waals surface area contributed by atoms with Crippen molar-refractivity contribution in [1.29, 1.82) is 0 Å². The lowest BCUT2D eigenvalue weighted by Crippen LogP contribution is -2.41. The third-order valence-corrected chi connectivity index (χ3v) is 3.39. The second kappa shape index (κ2) is 5.33. The smallest absolute Gasteiger partial charge is 0.230 e. The third kappa shape index (κ3) is 2.37. The fourth-order valence-corrected chi connectivity index (χ4v) is 2.24. The highest BCUT2D eigenvalue weighted by Gasteiger charge is 2.24. The highest BCUT2D eigenvalue weighted by molar-refractivity contribution is 5.98. The molecule has 2 aromatic rings. The van der Waals surface area contributed by atoms with Crippen molar-refractivity contribution < 1.29 is 18.8 Å². The average Bonchev–Trinajstić information content (AvgIpc) is 2.54. The Hall–Kier alpha value is -2.36. The molecule has 1 aromatic carbocycles. The maximum absolute atomic E-state index is 12.5. The van der Waals surface area contributed by atoms with E-state index in [9.17, 15) is 4.79 Å². The zero-order valence-corrected chi connectivity index (χ0v) is 11.3. The molecular weight excluding hydrogens is 254 g/mol. The van der Waals surface area contributed by atoms with Crippen molar-refractivity contribution >= 4 is 5.78 Å².